The summed E-state index contributed by atoms with van der Waals surface area (Å²) in [4.78, 5) is 35.6. The minimum atomic E-state index is -0.372. The number of aromatic nitrogens is 1. The second-order valence-electron chi connectivity index (χ2n) is 7.54. The van der Waals surface area contributed by atoms with Crippen LogP contribution in [0.15, 0.2) is 18.3 Å². The summed E-state index contributed by atoms with van der Waals surface area (Å²) in [5, 5.41) is 3.79. The number of fused-ring (bicyclic) bond motifs is 1. The molecule has 0 aromatic carbocycles. The Labute approximate surface area is 185 Å². The van der Waals surface area contributed by atoms with E-state index >= 15 is 0 Å². The van der Waals surface area contributed by atoms with Gasteiger partial charge in [0.25, 0.3) is 5.91 Å². The van der Waals surface area contributed by atoms with E-state index in [1.165, 1.54) is 11.3 Å². The predicted octanol–water partition coefficient (Wildman–Crippen LogP) is 0.905. The summed E-state index contributed by atoms with van der Waals surface area (Å²) in [5.74, 6) is -0.0885. The smallest absolute Gasteiger partial charge is 0.261 e. The van der Waals surface area contributed by atoms with Crippen LogP contribution in [-0.2, 0) is 19.0 Å². The van der Waals surface area contributed by atoms with E-state index in [1.54, 1.807) is 13.3 Å². The van der Waals surface area contributed by atoms with Gasteiger partial charge in [0.05, 0.1) is 39.5 Å². The summed E-state index contributed by atoms with van der Waals surface area (Å²) in [6.45, 7) is 5.51. The molecule has 0 bridgehead atoms. The largest absolute Gasteiger partial charge is 0.383 e. The number of carbonyl (C=O) groups excluding carboxylic acids is 2. The zero-order valence-corrected chi connectivity index (χ0v) is 18.5. The molecular weight excluding hydrogens is 420 g/mol. The van der Waals surface area contributed by atoms with Gasteiger partial charge in [-0.1, -0.05) is 6.07 Å². The highest BCUT2D eigenvalue weighted by Crippen LogP contribution is 2.37. The Kier molecular flexibility index (Phi) is 7.46. The van der Waals surface area contributed by atoms with Crippen molar-refractivity contribution >= 4 is 33.4 Å². The molecule has 2 aliphatic rings. The summed E-state index contributed by atoms with van der Waals surface area (Å²) in [6.07, 6.45) is 1.35. The van der Waals surface area contributed by atoms with Crippen molar-refractivity contribution in [3.8, 4) is 0 Å². The summed E-state index contributed by atoms with van der Waals surface area (Å²) in [6, 6.07) is 3.81. The van der Waals surface area contributed by atoms with E-state index in [-0.39, 0.29) is 17.9 Å². The maximum absolute atomic E-state index is 12.9. The number of hydrogen-bond acceptors (Lipinski definition) is 8. The van der Waals surface area contributed by atoms with Crippen molar-refractivity contribution in [1.82, 2.24) is 20.1 Å². The molecule has 9 nitrogen and oxygen atoms in total. The highest BCUT2D eigenvalue weighted by molar-refractivity contribution is 7.20. The molecule has 2 fully saturated rings. The van der Waals surface area contributed by atoms with Crippen LogP contribution in [0.4, 0.5) is 0 Å². The van der Waals surface area contributed by atoms with Gasteiger partial charge in [-0.25, -0.2) is 4.98 Å². The molecule has 2 aromatic rings. The third-order valence-electron chi connectivity index (χ3n) is 5.51. The number of methoxy groups -OCH3 is 1. The van der Waals surface area contributed by atoms with E-state index in [0.29, 0.717) is 57.5 Å². The lowest BCUT2D eigenvalue weighted by atomic mass is 10.0. The third kappa shape index (κ3) is 5.21. The molecule has 0 saturated carbocycles. The molecule has 1 N–H and O–H groups in total. The minimum Gasteiger partial charge on any atom is -0.383 e. The average Bonchev–Trinajstić information content (AvgIpc) is 3.20. The van der Waals surface area contributed by atoms with Gasteiger partial charge in [0.15, 0.2) is 0 Å². The number of ether oxygens (including phenoxy) is 3. The van der Waals surface area contributed by atoms with E-state index < -0.39 is 0 Å². The lowest BCUT2D eigenvalue weighted by Crippen LogP contribution is -2.48. The SMILES string of the molecule is COCCNC(=O)c1sc2ncccc2c1[C@@H]1CN(C(=O)CN2CCOCC2)CCO1. The molecule has 2 saturated heterocycles. The molecule has 0 radical (unpaired) electrons. The summed E-state index contributed by atoms with van der Waals surface area (Å²) in [5.41, 5.74) is 0.812. The van der Waals surface area contributed by atoms with Gasteiger partial charge < -0.3 is 24.4 Å². The fourth-order valence-electron chi connectivity index (χ4n) is 3.89. The number of pyridine rings is 1. The lowest BCUT2D eigenvalue weighted by molar-refractivity contribution is -0.141. The molecular formula is C21H28N4O5S. The maximum Gasteiger partial charge on any atom is 0.261 e. The van der Waals surface area contributed by atoms with Gasteiger partial charge in [-0.15, -0.1) is 11.3 Å². The summed E-state index contributed by atoms with van der Waals surface area (Å²) < 4.78 is 16.5. The van der Waals surface area contributed by atoms with Crippen LogP contribution in [0.3, 0.4) is 0 Å². The highest BCUT2D eigenvalue weighted by atomic mass is 32.1. The first-order chi connectivity index (χ1) is 15.2. The molecule has 1 atom stereocenters. The number of nitrogens with zero attached hydrogens (tertiary/aromatic N) is 3. The van der Waals surface area contributed by atoms with E-state index in [1.807, 2.05) is 17.0 Å². The van der Waals surface area contributed by atoms with Gasteiger partial charge in [0, 0.05) is 50.4 Å². The van der Waals surface area contributed by atoms with Crippen LogP contribution in [0, 0.1) is 0 Å². The molecule has 0 aliphatic carbocycles. The minimum absolute atomic E-state index is 0.0824. The molecule has 168 valence electrons. The fraction of sp³-hybridized carbons (Fsp3) is 0.571. The van der Waals surface area contributed by atoms with Gasteiger partial charge in [-0.3, -0.25) is 14.5 Å². The van der Waals surface area contributed by atoms with Crippen molar-refractivity contribution in [3.63, 3.8) is 0 Å². The highest BCUT2D eigenvalue weighted by Gasteiger charge is 2.32. The van der Waals surface area contributed by atoms with E-state index in [9.17, 15) is 9.59 Å². The molecule has 4 rings (SSSR count). The van der Waals surface area contributed by atoms with Crippen molar-refractivity contribution in [2.75, 3.05) is 72.8 Å². The van der Waals surface area contributed by atoms with Gasteiger partial charge >= 0.3 is 0 Å². The molecule has 31 heavy (non-hydrogen) atoms. The number of nitrogens with one attached hydrogen (secondary N) is 1. The Morgan fingerprint density at radius 1 is 1.29 bits per heavy atom. The first kappa shape index (κ1) is 22.1. The molecule has 2 aliphatic heterocycles. The van der Waals surface area contributed by atoms with Gasteiger partial charge in [0.1, 0.15) is 15.8 Å². The zero-order chi connectivity index (χ0) is 21.6. The molecule has 0 unspecified atom stereocenters. The number of hydrogen-bond donors (Lipinski definition) is 1. The number of amides is 2. The standard InChI is InChI=1S/C21H28N4O5S/c1-28-9-5-22-20(27)19-18(15-3-2-4-23-21(15)31-19)16-13-25(8-12-30-16)17(26)14-24-6-10-29-11-7-24/h2-4,16H,5-14H2,1H3,(H,22,27)/t16-/m0/s1. The molecule has 0 spiro atoms. The quantitative estimate of drug-likeness (QED) is 0.629. The van der Waals surface area contributed by atoms with E-state index in [2.05, 4.69) is 15.2 Å². The van der Waals surface area contributed by atoms with Crippen LogP contribution >= 0.6 is 11.3 Å². The van der Waals surface area contributed by atoms with Crippen molar-refractivity contribution < 1.29 is 23.8 Å². The Balaban J connectivity index is 1.53. The molecule has 2 amide bonds. The number of rotatable bonds is 7. The van der Waals surface area contributed by atoms with Crippen molar-refractivity contribution in [1.29, 1.82) is 0 Å². The van der Waals surface area contributed by atoms with Crippen LogP contribution in [0.25, 0.3) is 10.2 Å². The van der Waals surface area contributed by atoms with Gasteiger partial charge in [-0.05, 0) is 6.07 Å². The topological polar surface area (TPSA) is 93.2 Å². The second-order valence-corrected chi connectivity index (χ2v) is 8.54. The first-order valence-electron chi connectivity index (χ1n) is 10.5. The van der Waals surface area contributed by atoms with Gasteiger partial charge in [-0.2, -0.15) is 0 Å². The van der Waals surface area contributed by atoms with E-state index in [4.69, 9.17) is 14.2 Å². The predicted molar refractivity (Wildman–Crippen MR) is 116 cm³/mol. The number of morpholine rings is 2. The monoisotopic (exact) mass is 448 g/mol. The maximum atomic E-state index is 12.9. The third-order valence-corrected chi connectivity index (χ3v) is 6.63. The number of thiophene rings is 1. The van der Waals surface area contributed by atoms with Crippen LogP contribution in [0.1, 0.15) is 21.3 Å². The summed E-state index contributed by atoms with van der Waals surface area (Å²) in [7, 11) is 1.60. The zero-order valence-electron chi connectivity index (χ0n) is 17.7. The normalized spacial score (nSPS) is 20.2. The second kappa shape index (κ2) is 10.5. The van der Waals surface area contributed by atoms with Crippen molar-refractivity contribution in [3.05, 3.63) is 28.8 Å². The Bertz CT molecular complexity index is 914. The summed E-state index contributed by atoms with van der Waals surface area (Å²) >= 11 is 1.35. The van der Waals surface area contributed by atoms with Crippen molar-refractivity contribution in [2.45, 2.75) is 6.10 Å². The van der Waals surface area contributed by atoms with Crippen LogP contribution in [0.5, 0.6) is 0 Å². The fourth-order valence-corrected chi connectivity index (χ4v) is 5.00. The van der Waals surface area contributed by atoms with Gasteiger partial charge in [0.2, 0.25) is 5.91 Å². The Hall–Kier alpha value is -2.11. The number of carbonyl (C=O) groups is 2. The first-order valence-corrected chi connectivity index (χ1v) is 11.3. The lowest BCUT2D eigenvalue weighted by Gasteiger charge is -2.35. The van der Waals surface area contributed by atoms with Crippen molar-refractivity contribution in [2.24, 2.45) is 0 Å². The molecule has 10 heteroatoms. The van der Waals surface area contributed by atoms with Crippen LogP contribution < -0.4 is 5.32 Å². The molecule has 2 aromatic heterocycles. The molecule has 4 heterocycles. The average molecular weight is 449 g/mol. The Morgan fingerprint density at radius 3 is 2.94 bits per heavy atom. The van der Waals surface area contributed by atoms with Crippen LogP contribution in [-0.4, -0.2) is 99.4 Å². The van der Waals surface area contributed by atoms with E-state index in [0.717, 1.165) is 28.9 Å². The van der Waals surface area contributed by atoms with Crippen LogP contribution in [0.2, 0.25) is 0 Å². The Morgan fingerprint density at radius 2 is 2.13 bits per heavy atom.